The summed E-state index contributed by atoms with van der Waals surface area (Å²) < 4.78 is 11.7. The molecule has 1 heterocycles. The van der Waals surface area contributed by atoms with E-state index in [1.165, 1.54) is 0 Å². The van der Waals surface area contributed by atoms with Crippen LogP contribution in [0, 0.1) is 29.1 Å². The van der Waals surface area contributed by atoms with Crippen molar-refractivity contribution < 1.29 is 34.7 Å². The van der Waals surface area contributed by atoms with E-state index < -0.39 is 42.9 Å². The van der Waals surface area contributed by atoms with Gasteiger partial charge in [-0.2, -0.15) is 0 Å². The van der Waals surface area contributed by atoms with Crippen LogP contribution in [-0.4, -0.2) is 69.1 Å². The van der Waals surface area contributed by atoms with Gasteiger partial charge in [0.15, 0.2) is 12.1 Å². The first-order chi connectivity index (χ1) is 13.0. The zero-order valence-corrected chi connectivity index (χ0v) is 16.9. The maximum atomic E-state index is 12.7. The molecule has 3 saturated carbocycles. The lowest BCUT2D eigenvalue weighted by Crippen LogP contribution is -2.69. The van der Waals surface area contributed by atoms with Gasteiger partial charge in [-0.1, -0.05) is 12.5 Å². The zero-order valence-electron chi connectivity index (χ0n) is 16.9. The van der Waals surface area contributed by atoms with E-state index in [2.05, 4.69) is 6.92 Å². The van der Waals surface area contributed by atoms with Gasteiger partial charge in [0.05, 0.1) is 12.2 Å². The van der Waals surface area contributed by atoms with E-state index in [1.54, 1.807) is 6.08 Å². The molecule has 6 rings (SSSR count). The lowest BCUT2D eigenvalue weighted by atomic mass is 9.34. The maximum absolute atomic E-state index is 12.7. The number of aliphatic hydroxyl groups is 4. The molecule has 0 spiro atoms. The maximum Gasteiger partial charge on any atom is 0.187 e. The fourth-order valence-electron chi connectivity index (χ4n) is 6.69. The number of carbonyl (C=O) groups is 1. The highest BCUT2D eigenvalue weighted by Crippen LogP contribution is 2.71. The molecule has 0 aromatic heterocycles. The zero-order chi connectivity index (χ0) is 20.6. The number of aliphatic hydroxyl groups excluding tert-OH is 4. The van der Waals surface area contributed by atoms with Crippen molar-refractivity contribution in [3.63, 3.8) is 0 Å². The molecule has 7 heteroatoms. The average Bonchev–Trinajstić information content (AvgIpc) is 2.61. The predicted molar refractivity (Wildman–Crippen MR) is 99.0 cm³/mol. The van der Waals surface area contributed by atoms with Gasteiger partial charge in [-0.3, -0.25) is 4.79 Å². The van der Waals surface area contributed by atoms with Crippen molar-refractivity contribution in [3.05, 3.63) is 11.6 Å². The molecule has 0 aromatic rings. The highest BCUT2D eigenvalue weighted by atomic mass is 16.7. The third-order valence-electron chi connectivity index (χ3n) is 7.98. The minimum Gasteiger partial charge on any atom is -0.394 e. The van der Waals surface area contributed by atoms with Crippen LogP contribution in [0.1, 0.15) is 40.5 Å². The van der Waals surface area contributed by atoms with Crippen molar-refractivity contribution in [1.29, 1.82) is 0 Å². The fourth-order valence-corrected chi connectivity index (χ4v) is 6.69. The van der Waals surface area contributed by atoms with Crippen molar-refractivity contribution in [2.24, 2.45) is 29.1 Å². The van der Waals surface area contributed by atoms with Crippen LogP contribution in [0.3, 0.4) is 0 Å². The lowest BCUT2D eigenvalue weighted by Gasteiger charge is -2.70. The molecule has 0 radical (unpaired) electrons. The summed E-state index contributed by atoms with van der Waals surface area (Å²) in [6.07, 6.45) is -2.79. The Bertz CT molecular complexity index is 686. The van der Waals surface area contributed by atoms with Crippen LogP contribution in [0.5, 0.6) is 0 Å². The Labute approximate surface area is 165 Å². The van der Waals surface area contributed by atoms with Gasteiger partial charge in [0, 0.05) is 5.92 Å². The number of fused-ring (bicyclic) bond motifs is 3. The largest absolute Gasteiger partial charge is 0.394 e. The Hall–Kier alpha value is -0.830. The minimum absolute atomic E-state index is 0.0117. The first kappa shape index (κ1) is 20.4. The summed E-state index contributed by atoms with van der Waals surface area (Å²) in [5, 5.41) is 39.8. The second kappa shape index (κ2) is 6.59. The number of allylic oxidation sites excluding steroid dienone is 2. The van der Waals surface area contributed by atoms with E-state index in [-0.39, 0.29) is 29.0 Å². The molecular formula is C21H32O7. The van der Waals surface area contributed by atoms with Gasteiger partial charge in [-0.05, 0) is 62.9 Å². The number of carbonyl (C=O) groups excluding carboxylic acids is 1. The topological polar surface area (TPSA) is 116 Å². The van der Waals surface area contributed by atoms with Crippen LogP contribution in [0.15, 0.2) is 11.6 Å². The lowest BCUT2D eigenvalue weighted by molar-refractivity contribution is -0.338. The van der Waals surface area contributed by atoms with Crippen LogP contribution in [0.2, 0.25) is 0 Å². The summed E-state index contributed by atoms with van der Waals surface area (Å²) in [4.78, 5) is 12.7. The third-order valence-corrected chi connectivity index (χ3v) is 7.98. The van der Waals surface area contributed by atoms with Crippen molar-refractivity contribution in [2.75, 3.05) is 6.61 Å². The Morgan fingerprint density at radius 2 is 1.89 bits per heavy atom. The Balaban J connectivity index is 1.55. The normalized spacial score (nSPS) is 50.8. The molecule has 1 aliphatic heterocycles. The highest BCUT2D eigenvalue weighted by molar-refractivity contribution is 5.96. The van der Waals surface area contributed by atoms with E-state index in [0.29, 0.717) is 5.92 Å². The summed E-state index contributed by atoms with van der Waals surface area (Å²) >= 11 is 0. The highest BCUT2D eigenvalue weighted by Gasteiger charge is 2.70. The number of ketones is 1. The number of hydrogen-bond donors (Lipinski definition) is 4. The van der Waals surface area contributed by atoms with E-state index in [9.17, 15) is 25.2 Å². The quantitative estimate of drug-likeness (QED) is 0.543. The molecule has 4 fully saturated rings. The van der Waals surface area contributed by atoms with Gasteiger partial charge in [0.2, 0.25) is 0 Å². The Morgan fingerprint density at radius 3 is 2.50 bits per heavy atom. The number of rotatable bonds is 4. The standard InChI is InChI=1S/C21H32O7/c1-9-7-11(23)15-13-10(5-6-21(15,4)14(9)13)20(2,3)28-19-18(26)17(25)16(24)12(8-22)27-19/h7,10,12-19,22,24-26H,5-6,8H2,1-4H3/t10?,12-,13?,14?,15-,16-,17+,18-,19+,21-/m1/s1. The van der Waals surface area contributed by atoms with Crippen molar-refractivity contribution in [1.82, 2.24) is 0 Å². The molecule has 1 saturated heterocycles. The fraction of sp³-hybridized carbons (Fsp3) is 0.857. The van der Waals surface area contributed by atoms with Gasteiger partial charge in [-0.15, -0.1) is 0 Å². The Kier molecular flexibility index (Phi) is 4.81. The molecule has 5 aliphatic carbocycles. The van der Waals surface area contributed by atoms with Crippen molar-refractivity contribution in [3.8, 4) is 0 Å². The molecule has 0 amide bonds. The summed E-state index contributed by atoms with van der Waals surface area (Å²) in [7, 11) is 0. The van der Waals surface area contributed by atoms with E-state index in [1.807, 2.05) is 20.8 Å². The summed E-state index contributed by atoms with van der Waals surface area (Å²) in [5.41, 5.74) is 0.471. The molecule has 4 N–H and O–H groups in total. The third kappa shape index (κ3) is 2.67. The molecule has 7 nitrogen and oxygen atoms in total. The SMILES string of the molecule is CC1=CC(=O)[C@@H]2C3C(C(C)(C)O[C@@H]4O[C@H](CO)[C@@H](O)[C@H](O)[C@H]4O)CC[C@]2(C)C13. The van der Waals surface area contributed by atoms with Crippen LogP contribution < -0.4 is 0 Å². The van der Waals surface area contributed by atoms with Crippen LogP contribution >= 0.6 is 0 Å². The minimum atomic E-state index is -1.46. The number of ether oxygens (including phenoxy) is 2. The van der Waals surface area contributed by atoms with Crippen molar-refractivity contribution in [2.45, 2.75) is 76.8 Å². The van der Waals surface area contributed by atoms with E-state index in [0.717, 1.165) is 18.4 Å². The van der Waals surface area contributed by atoms with Crippen molar-refractivity contribution >= 4 is 5.78 Å². The molecule has 3 unspecified atom stereocenters. The monoisotopic (exact) mass is 396 g/mol. The Morgan fingerprint density at radius 1 is 1.21 bits per heavy atom. The molecule has 0 aromatic carbocycles. The first-order valence-corrected chi connectivity index (χ1v) is 10.2. The van der Waals surface area contributed by atoms with Crippen LogP contribution in [0.4, 0.5) is 0 Å². The first-order valence-electron chi connectivity index (χ1n) is 10.2. The number of hydrogen-bond acceptors (Lipinski definition) is 7. The molecule has 158 valence electrons. The predicted octanol–water partition coefficient (Wildman–Crippen LogP) is 0.389. The molecular weight excluding hydrogens is 364 g/mol. The summed E-state index contributed by atoms with van der Waals surface area (Å²) in [6, 6.07) is 0. The molecule has 6 aliphatic rings. The van der Waals surface area contributed by atoms with E-state index in [4.69, 9.17) is 9.47 Å². The van der Waals surface area contributed by atoms with Gasteiger partial charge >= 0.3 is 0 Å². The van der Waals surface area contributed by atoms with Gasteiger partial charge < -0.3 is 29.9 Å². The second-order valence-corrected chi connectivity index (χ2v) is 9.89. The molecule has 28 heavy (non-hydrogen) atoms. The van der Waals surface area contributed by atoms with Gasteiger partial charge in [0.1, 0.15) is 24.4 Å². The molecule has 10 atom stereocenters. The average molecular weight is 396 g/mol. The second-order valence-electron chi connectivity index (χ2n) is 9.89. The summed E-state index contributed by atoms with van der Waals surface area (Å²) in [5.74, 6) is 0.894. The van der Waals surface area contributed by atoms with Gasteiger partial charge in [0.25, 0.3) is 0 Å². The van der Waals surface area contributed by atoms with Gasteiger partial charge in [-0.25, -0.2) is 0 Å². The van der Waals surface area contributed by atoms with Crippen LogP contribution in [-0.2, 0) is 14.3 Å². The smallest absolute Gasteiger partial charge is 0.187 e. The summed E-state index contributed by atoms with van der Waals surface area (Å²) in [6.45, 7) is 7.63. The van der Waals surface area contributed by atoms with Crippen LogP contribution in [0.25, 0.3) is 0 Å². The molecule has 4 bridgehead atoms. The van der Waals surface area contributed by atoms with E-state index >= 15 is 0 Å².